The molecular weight excluding hydrogens is 360 g/mol. The summed E-state index contributed by atoms with van der Waals surface area (Å²) in [5.41, 5.74) is 3.09. The van der Waals surface area contributed by atoms with Crippen LogP contribution in [-0.4, -0.2) is 29.6 Å². The lowest BCUT2D eigenvalue weighted by atomic mass is 10.2. The number of hydrogen-bond donors (Lipinski definition) is 2. The number of carbonyl (C=O) groups excluding carboxylic acids is 2. The number of nitrogens with zero attached hydrogens (tertiary/aromatic N) is 2. The molecule has 0 bridgehead atoms. The maximum Gasteiger partial charge on any atom is 0.263 e. The smallest absolute Gasteiger partial charge is 0.263 e. The molecular formula is C17H13ClN4O2S. The second kappa shape index (κ2) is 7.87. The molecule has 0 aliphatic heterocycles. The molecule has 2 aromatic heterocycles. The van der Waals surface area contributed by atoms with Crippen molar-refractivity contribution in [3.63, 3.8) is 0 Å². The molecule has 3 aromatic rings. The summed E-state index contributed by atoms with van der Waals surface area (Å²) in [6.07, 6.45) is 4.72. The average Bonchev–Trinajstić information content (AvgIpc) is 2.98. The molecule has 6 nitrogen and oxygen atoms in total. The van der Waals surface area contributed by atoms with Crippen LogP contribution in [0.3, 0.4) is 0 Å². The molecule has 0 saturated carbocycles. The normalized spacial score (nSPS) is 10.9. The Labute approximate surface area is 152 Å². The van der Waals surface area contributed by atoms with Gasteiger partial charge in [0, 0.05) is 28.0 Å². The number of benzene rings is 1. The summed E-state index contributed by atoms with van der Waals surface area (Å²) in [6, 6.07) is 11.0. The van der Waals surface area contributed by atoms with Crippen LogP contribution in [-0.2, 0) is 4.79 Å². The highest BCUT2D eigenvalue weighted by atomic mass is 35.5. The van der Waals surface area contributed by atoms with Gasteiger partial charge in [-0.1, -0.05) is 35.9 Å². The van der Waals surface area contributed by atoms with Crippen LogP contribution in [0.2, 0.25) is 5.02 Å². The fraction of sp³-hybridized carbons (Fsp3) is 0.0588. The summed E-state index contributed by atoms with van der Waals surface area (Å²) >= 11 is 7.52. The monoisotopic (exact) mass is 372 g/mol. The molecule has 8 heteroatoms. The second-order valence-corrected chi connectivity index (χ2v) is 6.43. The zero-order valence-corrected chi connectivity index (χ0v) is 14.5. The zero-order valence-electron chi connectivity index (χ0n) is 12.9. The first kappa shape index (κ1) is 17.1. The molecule has 0 aliphatic rings. The van der Waals surface area contributed by atoms with Crippen molar-refractivity contribution in [3.8, 4) is 0 Å². The minimum Gasteiger partial charge on any atom is -0.342 e. The fourth-order valence-corrected chi connectivity index (χ4v) is 3.50. The molecule has 2 heterocycles. The Morgan fingerprint density at radius 1 is 1.24 bits per heavy atom. The van der Waals surface area contributed by atoms with Crippen LogP contribution in [0, 0.1) is 0 Å². The minimum atomic E-state index is -0.439. The van der Waals surface area contributed by atoms with E-state index in [0.29, 0.717) is 9.90 Å². The van der Waals surface area contributed by atoms with Gasteiger partial charge in [-0.2, -0.15) is 5.10 Å². The van der Waals surface area contributed by atoms with Crippen molar-refractivity contribution in [2.24, 2.45) is 5.10 Å². The third kappa shape index (κ3) is 4.20. The highest BCUT2D eigenvalue weighted by molar-refractivity contribution is 7.21. The van der Waals surface area contributed by atoms with E-state index in [1.54, 1.807) is 24.5 Å². The van der Waals surface area contributed by atoms with Crippen molar-refractivity contribution in [3.05, 3.63) is 64.3 Å². The van der Waals surface area contributed by atoms with E-state index in [4.69, 9.17) is 11.6 Å². The largest absolute Gasteiger partial charge is 0.342 e. The maximum absolute atomic E-state index is 12.2. The van der Waals surface area contributed by atoms with Crippen LogP contribution in [0.1, 0.15) is 15.2 Å². The minimum absolute atomic E-state index is 0.201. The number of hydrogen-bond acceptors (Lipinski definition) is 5. The number of thiophene rings is 1. The maximum atomic E-state index is 12.2. The SMILES string of the molecule is O=C(CNC(=O)c1sc2ccccc2c1Cl)N/N=C\c1cccnc1. The van der Waals surface area contributed by atoms with Crippen LogP contribution < -0.4 is 10.7 Å². The number of pyridine rings is 1. The molecule has 25 heavy (non-hydrogen) atoms. The molecule has 0 spiro atoms. The van der Waals surface area contributed by atoms with Gasteiger partial charge in [-0.15, -0.1) is 11.3 Å². The van der Waals surface area contributed by atoms with E-state index in [9.17, 15) is 9.59 Å². The van der Waals surface area contributed by atoms with E-state index >= 15 is 0 Å². The van der Waals surface area contributed by atoms with Gasteiger partial charge < -0.3 is 5.32 Å². The number of amides is 2. The highest BCUT2D eigenvalue weighted by Crippen LogP contribution is 2.34. The lowest BCUT2D eigenvalue weighted by Crippen LogP contribution is -2.34. The lowest BCUT2D eigenvalue weighted by Gasteiger charge is -2.03. The molecule has 2 amide bonds. The van der Waals surface area contributed by atoms with Crippen molar-refractivity contribution in [1.82, 2.24) is 15.7 Å². The van der Waals surface area contributed by atoms with Gasteiger partial charge in [-0.25, -0.2) is 5.43 Å². The molecule has 0 fully saturated rings. The average molecular weight is 373 g/mol. The van der Waals surface area contributed by atoms with Crippen LogP contribution in [0.5, 0.6) is 0 Å². The number of hydrazone groups is 1. The molecule has 0 radical (unpaired) electrons. The van der Waals surface area contributed by atoms with Gasteiger partial charge in [-0.05, 0) is 12.1 Å². The summed E-state index contributed by atoms with van der Waals surface area (Å²) in [6.45, 7) is -0.201. The number of halogens is 1. The first-order valence-electron chi connectivity index (χ1n) is 7.32. The van der Waals surface area contributed by atoms with E-state index in [1.165, 1.54) is 17.6 Å². The summed E-state index contributed by atoms with van der Waals surface area (Å²) < 4.78 is 0.920. The third-order valence-electron chi connectivity index (χ3n) is 3.24. The van der Waals surface area contributed by atoms with Gasteiger partial charge in [0.25, 0.3) is 11.8 Å². The molecule has 0 atom stereocenters. The predicted molar refractivity (Wildman–Crippen MR) is 99.1 cm³/mol. The van der Waals surface area contributed by atoms with Crippen molar-refractivity contribution >= 4 is 51.1 Å². The van der Waals surface area contributed by atoms with Crippen molar-refractivity contribution in [2.45, 2.75) is 0 Å². The van der Waals surface area contributed by atoms with E-state index in [2.05, 4.69) is 20.8 Å². The second-order valence-electron chi connectivity index (χ2n) is 5.00. The van der Waals surface area contributed by atoms with Crippen LogP contribution in [0.25, 0.3) is 10.1 Å². The Bertz CT molecular complexity index is 940. The fourth-order valence-electron chi connectivity index (χ4n) is 2.07. The number of carbonyl (C=O) groups is 2. The number of aromatic nitrogens is 1. The summed E-state index contributed by atoms with van der Waals surface area (Å²) in [5.74, 6) is -0.830. The van der Waals surface area contributed by atoms with Crippen molar-refractivity contribution in [1.29, 1.82) is 0 Å². The zero-order chi connectivity index (χ0) is 17.6. The first-order valence-corrected chi connectivity index (χ1v) is 8.52. The van der Waals surface area contributed by atoms with Gasteiger partial charge in [0.15, 0.2) is 0 Å². The Kier molecular flexibility index (Phi) is 5.37. The number of rotatable bonds is 5. The standard InChI is InChI=1S/C17H13ClN4O2S/c18-15-12-5-1-2-6-13(12)25-16(15)17(24)20-10-14(23)22-21-9-11-4-3-7-19-8-11/h1-9H,10H2,(H,20,24)(H,22,23)/b21-9-. The predicted octanol–water partition coefficient (Wildman–Crippen LogP) is 2.83. The summed E-state index contributed by atoms with van der Waals surface area (Å²) in [5, 5.41) is 7.56. The third-order valence-corrected chi connectivity index (χ3v) is 4.91. The van der Waals surface area contributed by atoms with Gasteiger partial charge in [0.1, 0.15) is 4.88 Å². The highest BCUT2D eigenvalue weighted by Gasteiger charge is 2.17. The summed E-state index contributed by atoms with van der Waals surface area (Å²) in [7, 11) is 0. The van der Waals surface area contributed by atoms with Gasteiger partial charge in [0.2, 0.25) is 0 Å². The van der Waals surface area contributed by atoms with Crippen LogP contribution in [0.4, 0.5) is 0 Å². The van der Waals surface area contributed by atoms with Crippen molar-refractivity contribution in [2.75, 3.05) is 6.54 Å². The van der Waals surface area contributed by atoms with E-state index in [0.717, 1.165) is 15.6 Å². The molecule has 0 unspecified atom stereocenters. The topological polar surface area (TPSA) is 83.5 Å². The van der Waals surface area contributed by atoms with Gasteiger partial charge in [-0.3, -0.25) is 14.6 Å². The molecule has 2 N–H and O–H groups in total. The molecule has 0 saturated heterocycles. The Balaban J connectivity index is 1.55. The molecule has 0 aliphatic carbocycles. The Morgan fingerprint density at radius 2 is 2.08 bits per heavy atom. The molecule has 1 aromatic carbocycles. The summed E-state index contributed by atoms with van der Waals surface area (Å²) in [4.78, 5) is 28.3. The first-order chi connectivity index (χ1) is 12.1. The van der Waals surface area contributed by atoms with E-state index < -0.39 is 11.8 Å². The number of nitrogens with one attached hydrogen (secondary N) is 2. The van der Waals surface area contributed by atoms with Crippen LogP contribution >= 0.6 is 22.9 Å². The number of fused-ring (bicyclic) bond motifs is 1. The Hall–Kier alpha value is -2.77. The van der Waals surface area contributed by atoms with E-state index in [-0.39, 0.29) is 6.54 Å². The van der Waals surface area contributed by atoms with Crippen LogP contribution in [0.15, 0.2) is 53.9 Å². The quantitative estimate of drug-likeness (QED) is 0.533. The van der Waals surface area contributed by atoms with Crippen molar-refractivity contribution < 1.29 is 9.59 Å². The van der Waals surface area contributed by atoms with E-state index in [1.807, 2.05) is 24.3 Å². The lowest BCUT2D eigenvalue weighted by molar-refractivity contribution is -0.120. The Morgan fingerprint density at radius 3 is 2.84 bits per heavy atom. The molecule has 126 valence electrons. The van der Waals surface area contributed by atoms with Gasteiger partial charge >= 0.3 is 0 Å². The van der Waals surface area contributed by atoms with Gasteiger partial charge in [0.05, 0.1) is 17.8 Å². The molecule has 3 rings (SSSR count).